The Balaban J connectivity index is 1.70. The molecule has 0 radical (unpaired) electrons. The van der Waals surface area contributed by atoms with E-state index in [-0.39, 0.29) is 36.1 Å². The lowest BCUT2D eigenvalue weighted by atomic mass is 10.2. The quantitative estimate of drug-likeness (QED) is 0.675. The average Bonchev–Trinajstić information content (AvgIpc) is 2.64. The van der Waals surface area contributed by atoms with Crippen LogP contribution < -0.4 is 15.5 Å². The van der Waals surface area contributed by atoms with Crippen molar-refractivity contribution in [3.63, 3.8) is 0 Å². The number of hydrogen-bond acceptors (Lipinski definition) is 3. The van der Waals surface area contributed by atoms with Crippen LogP contribution in [0.4, 0.5) is 10.1 Å². The van der Waals surface area contributed by atoms with Crippen molar-refractivity contribution in [2.24, 2.45) is 0 Å². The second-order valence-electron chi connectivity index (χ2n) is 6.24. The molecule has 5 nitrogen and oxygen atoms in total. The van der Waals surface area contributed by atoms with E-state index in [2.05, 4.69) is 5.32 Å². The lowest BCUT2D eigenvalue weighted by Gasteiger charge is -2.13. The van der Waals surface area contributed by atoms with Crippen molar-refractivity contribution in [2.75, 3.05) is 5.32 Å². The monoisotopic (exact) mass is 400 g/mol. The van der Waals surface area contributed by atoms with Crippen LogP contribution in [0.15, 0.2) is 65.6 Å². The first-order chi connectivity index (χ1) is 13.4. The highest BCUT2D eigenvalue weighted by atomic mass is 35.5. The molecule has 28 heavy (non-hydrogen) atoms. The molecule has 0 unspecified atom stereocenters. The van der Waals surface area contributed by atoms with Gasteiger partial charge >= 0.3 is 0 Å². The molecule has 3 rings (SSSR count). The number of halogens is 2. The first-order valence-electron chi connectivity index (χ1n) is 8.54. The van der Waals surface area contributed by atoms with Crippen LogP contribution in [0.2, 0.25) is 5.02 Å². The highest BCUT2D eigenvalue weighted by molar-refractivity contribution is 6.30. The van der Waals surface area contributed by atoms with Gasteiger partial charge in [-0.05, 0) is 42.8 Å². The number of carbonyl (C=O) groups excluding carboxylic acids is 1. The lowest BCUT2D eigenvalue weighted by molar-refractivity contribution is -0.116. The summed E-state index contributed by atoms with van der Waals surface area (Å²) < 4.78 is 20.2. The second kappa shape index (κ2) is 8.71. The van der Waals surface area contributed by atoms with Crippen molar-refractivity contribution < 1.29 is 13.9 Å². The van der Waals surface area contributed by atoms with Gasteiger partial charge < -0.3 is 14.6 Å². The summed E-state index contributed by atoms with van der Waals surface area (Å²) in [5, 5.41) is 3.28. The van der Waals surface area contributed by atoms with E-state index >= 15 is 0 Å². The molecule has 1 heterocycles. The fraction of sp³-hybridized carbons (Fsp3) is 0.143. The third-order valence-electron chi connectivity index (χ3n) is 4.04. The zero-order chi connectivity index (χ0) is 20.1. The van der Waals surface area contributed by atoms with E-state index in [0.717, 1.165) is 5.56 Å². The van der Waals surface area contributed by atoms with Crippen LogP contribution in [0.5, 0.6) is 5.75 Å². The van der Waals surface area contributed by atoms with Crippen LogP contribution >= 0.6 is 11.6 Å². The molecule has 0 aliphatic heterocycles. The van der Waals surface area contributed by atoms with Crippen molar-refractivity contribution in [3.8, 4) is 5.75 Å². The summed E-state index contributed by atoms with van der Waals surface area (Å²) in [4.78, 5) is 24.5. The predicted octanol–water partition coefficient (Wildman–Crippen LogP) is 4.17. The van der Waals surface area contributed by atoms with Gasteiger partial charge in [0.25, 0.3) is 0 Å². The molecule has 0 saturated heterocycles. The number of ether oxygens (including phenoxy) is 1. The number of aromatic nitrogens is 1. The van der Waals surface area contributed by atoms with Gasteiger partial charge in [0, 0.05) is 22.5 Å². The first kappa shape index (κ1) is 19.6. The van der Waals surface area contributed by atoms with E-state index in [1.54, 1.807) is 47.9 Å². The van der Waals surface area contributed by atoms with Crippen LogP contribution in [-0.2, 0) is 17.9 Å². The van der Waals surface area contributed by atoms with Crippen molar-refractivity contribution >= 4 is 23.2 Å². The third-order valence-corrected chi connectivity index (χ3v) is 4.27. The van der Waals surface area contributed by atoms with Gasteiger partial charge in [-0.3, -0.25) is 9.59 Å². The Hall–Kier alpha value is -3.12. The van der Waals surface area contributed by atoms with Crippen LogP contribution in [0.1, 0.15) is 11.3 Å². The molecule has 0 bridgehead atoms. The van der Waals surface area contributed by atoms with Crippen molar-refractivity contribution in [1.82, 2.24) is 4.57 Å². The van der Waals surface area contributed by atoms with Gasteiger partial charge in [0.15, 0.2) is 5.75 Å². The fourth-order valence-electron chi connectivity index (χ4n) is 2.59. The molecule has 0 saturated carbocycles. The number of pyridine rings is 1. The zero-order valence-electron chi connectivity index (χ0n) is 15.1. The van der Waals surface area contributed by atoms with Gasteiger partial charge in [0.1, 0.15) is 19.0 Å². The fourth-order valence-corrected chi connectivity index (χ4v) is 2.78. The molecule has 1 aromatic heterocycles. The Bertz CT molecular complexity index is 1050. The van der Waals surface area contributed by atoms with Gasteiger partial charge in [-0.2, -0.15) is 0 Å². The molecule has 3 aromatic rings. The van der Waals surface area contributed by atoms with Gasteiger partial charge in [-0.15, -0.1) is 0 Å². The van der Waals surface area contributed by atoms with Crippen molar-refractivity contribution in [1.29, 1.82) is 0 Å². The summed E-state index contributed by atoms with van der Waals surface area (Å²) in [7, 11) is 0. The molecular formula is C21H18ClFN2O3. The number of rotatable bonds is 6. The maximum absolute atomic E-state index is 13.0. The summed E-state index contributed by atoms with van der Waals surface area (Å²) in [5.41, 5.74) is 1.65. The summed E-state index contributed by atoms with van der Waals surface area (Å²) in [6.45, 7) is 1.86. The minimum absolute atomic E-state index is 0.00549. The number of anilines is 1. The van der Waals surface area contributed by atoms with E-state index in [0.29, 0.717) is 16.4 Å². The Labute approximate surface area is 166 Å². The van der Waals surface area contributed by atoms with Crippen LogP contribution in [0.25, 0.3) is 0 Å². The Kier molecular flexibility index (Phi) is 6.11. The molecule has 1 N–H and O–H groups in total. The van der Waals surface area contributed by atoms with Crippen molar-refractivity contribution in [3.05, 3.63) is 93.1 Å². The average molecular weight is 401 g/mol. The summed E-state index contributed by atoms with van der Waals surface area (Å²) >= 11 is 5.92. The largest absolute Gasteiger partial charge is 0.483 e. The first-order valence-corrected chi connectivity index (χ1v) is 8.92. The number of hydrogen-bond donors (Lipinski definition) is 1. The molecule has 0 atom stereocenters. The summed E-state index contributed by atoms with van der Waals surface area (Å²) in [5.74, 6) is -0.490. The van der Waals surface area contributed by atoms with Crippen LogP contribution in [0, 0.1) is 12.7 Å². The van der Waals surface area contributed by atoms with E-state index in [1.165, 1.54) is 24.4 Å². The molecule has 144 valence electrons. The highest BCUT2D eigenvalue weighted by Gasteiger charge is 2.10. The molecule has 2 aromatic carbocycles. The highest BCUT2D eigenvalue weighted by Crippen LogP contribution is 2.15. The number of aryl methyl sites for hydroxylation is 1. The lowest BCUT2D eigenvalue weighted by Crippen LogP contribution is -2.22. The van der Waals surface area contributed by atoms with Crippen molar-refractivity contribution in [2.45, 2.75) is 20.1 Å². The molecule has 7 heteroatoms. The minimum atomic E-state index is -0.341. The predicted molar refractivity (Wildman–Crippen MR) is 106 cm³/mol. The van der Waals surface area contributed by atoms with Crippen LogP contribution in [-0.4, -0.2) is 10.5 Å². The van der Waals surface area contributed by atoms with Gasteiger partial charge in [0.05, 0.1) is 6.20 Å². The molecule has 0 fully saturated rings. The number of nitrogens with one attached hydrogen (secondary N) is 1. The van der Waals surface area contributed by atoms with Crippen LogP contribution in [0.3, 0.4) is 0 Å². The number of benzene rings is 2. The number of carbonyl (C=O) groups is 1. The Morgan fingerprint density at radius 1 is 1.18 bits per heavy atom. The molecular weight excluding hydrogens is 383 g/mol. The summed E-state index contributed by atoms with van der Waals surface area (Å²) in [6.07, 6.45) is 1.50. The second-order valence-corrected chi connectivity index (χ2v) is 6.68. The smallest absolute Gasteiger partial charge is 0.244 e. The number of nitrogens with zero attached hydrogens (tertiary/aromatic N) is 1. The molecule has 0 spiro atoms. The minimum Gasteiger partial charge on any atom is -0.483 e. The molecule has 0 aliphatic carbocycles. The van der Waals surface area contributed by atoms with Gasteiger partial charge in [-0.25, -0.2) is 4.39 Å². The zero-order valence-corrected chi connectivity index (χ0v) is 15.9. The topological polar surface area (TPSA) is 60.3 Å². The van der Waals surface area contributed by atoms with E-state index in [4.69, 9.17) is 16.3 Å². The Morgan fingerprint density at radius 3 is 2.64 bits per heavy atom. The normalized spacial score (nSPS) is 10.5. The third kappa shape index (κ3) is 5.20. The van der Waals surface area contributed by atoms with E-state index < -0.39 is 0 Å². The SMILES string of the molecule is Cc1cc(=O)c(OCc2ccc(F)cc2)cn1CC(=O)Nc1cccc(Cl)c1. The number of amides is 1. The molecule has 0 aliphatic rings. The van der Waals surface area contributed by atoms with Gasteiger partial charge in [-0.1, -0.05) is 29.8 Å². The maximum Gasteiger partial charge on any atom is 0.244 e. The maximum atomic E-state index is 13.0. The van der Waals surface area contributed by atoms with Gasteiger partial charge in [0.2, 0.25) is 11.3 Å². The van der Waals surface area contributed by atoms with E-state index in [9.17, 15) is 14.0 Å². The molecule has 1 amide bonds. The van der Waals surface area contributed by atoms with E-state index in [1.807, 2.05) is 0 Å². The summed E-state index contributed by atoms with van der Waals surface area (Å²) in [6, 6.07) is 14.1. The standard InChI is InChI=1S/C21H18ClFN2O3/c1-14-9-19(26)20(28-13-15-5-7-17(23)8-6-15)11-25(14)12-21(27)24-18-4-2-3-16(22)10-18/h2-11H,12-13H2,1H3,(H,24,27). The Morgan fingerprint density at radius 2 is 1.93 bits per heavy atom.